The Labute approximate surface area is 335 Å². The van der Waals surface area contributed by atoms with Gasteiger partial charge in [-0.05, 0) is 142 Å². The van der Waals surface area contributed by atoms with Gasteiger partial charge in [-0.2, -0.15) is 0 Å². The number of para-hydroxylation sites is 2. The molecule has 4 heterocycles. The summed E-state index contributed by atoms with van der Waals surface area (Å²) in [6, 6.07) is 34.4. The van der Waals surface area contributed by atoms with E-state index < -0.39 is 0 Å². The van der Waals surface area contributed by atoms with Crippen LogP contribution < -0.4 is 10.1 Å². The molecule has 0 saturated carbocycles. The van der Waals surface area contributed by atoms with E-state index in [9.17, 15) is 0 Å². The van der Waals surface area contributed by atoms with Gasteiger partial charge in [-0.3, -0.25) is 0 Å². The molecular formula is C43H50IN5O2S2. The molecule has 2 fully saturated rings. The first-order valence-electron chi connectivity index (χ1n) is 18.9. The number of fused-ring (bicyclic) bond motifs is 2. The van der Waals surface area contributed by atoms with Gasteiger partial charge in [-0.25, -0.2) is 9.97 Å². The lowest BCUT2D eigenvalue weighted by Crippen LogP contribution is -2.42. The fraction of sp³-hybridized carbons (Fsp3) is 0.395. The molecule has 2 saturated heterocycles. The molecule has 1 N–H and O–H groups in total. The van der Waals surface area contributed by atoms with Crippen LogP contribution in [0.1, 0.15) is 72.3 Å². The lowest BCUT2D eigenvalue weighted by Gasteiger charge is -2.32. The van der Waals surface area contributed by atoms with Gasteiger partial charge in [0.25, 0.3) is 0 Å². The molecule has 8 rings (SSSR count). The van der Waals surface area contributed by atoms with E-state index >= 15 is 0 Å². The van der Waals surface area contributed by atoms with E-state index in [1.54, 1.807) is 22.7 Å². The summed E-state index contributed by atoms with van der Waals surface area (Å²) in [5, 5.41) is 6.11. The summed E-state index contributed by atoms with van der Waals surface area (Å²) in [6.07, 6.45) is 5.74. The highest BCUT2D eigenvalue weighted by Crippen LogP contribution is 2.36. The molecule has 0 bridgehead atoms. The second kappa shape index (κ2) is 18.6. The SMILES string of the molecule is CCCOc1cccc(C(NC2CCN(C)CC2)c2nc3ccccc3s2)c1.CN1CCC(OC(c2cccc(I)c2)c2nc3ccccc3s2)CC1. The van der Waals surface area contributed by atoms with Crippen molar-refractivity contribution < 1.29 is 9.47 Å². The summed E-state index contributed by atoms with van der Waals surface area (Å²) in [6.45, 7) is 7.37. The molecule has 2 unspecified atom stereocenters. The minimum absolute atomic E-state index is 0.0828. The molecule has 278 valence electrons. The van der Waals surface area contributed by atoms with Crippen LogP contribution in [0.5, 0.6) is 5.75 Å². The van der Waals surface area contributed by atoms with Gasteiger partial charge < -0.3 is 24.6 Å². The maximum absolute atomic E-state index is 6.61. The zero-order valence-corrected chi connectivity index (χ0v) is 34.7. The minimum atomic E-state index is -0.0828. The van der Waals surface area contributed by atoms with Crippen LogP contribution >= 0.6 is 45.3 Å². The van der Waals surface area contributed by atoms with Crippen molar-refractivity contribution >= 4 is 65.7 Å². The maximum atomic E-state index is 6.61. The maximum Gasteiger partial charge on any atom is 0.134 e. The average Bonchev–Trinajstić information content (AvgIpc) is 3.82. The molecule has 2 aliphatic rings. The number of thiazole rings is 2. The Morgan fingerprint density at radius 2 is 1.34 bits per heavy atom. The number of hydrogen-bond donors (Lipinski definition) is 1. The van der Waals surface area contributed by atoms with Crippen molar-refractivity contribution in [1.82, 2.24) is 25.1 Å². The topological polar surface area (TPSA) is 62.8 Å². The third-order valence-corrected chi connectivity index (χ3v) is 12.9. The van der Waals surface area contributed by atoms with E-state index in [4.69, 9.17) is 19.4 Å². The first kappa shape index (κ1) is 38.3. The predicted molar refractivity (Wildman–Crippen MR) is 230 cm³/mol. The second-order valence-electron chi connectivity index (χ2n) is 14.2. The van der Waals surface area contributed by atoms with Crippen LogP contribution in [-0.2, 0) is 4.74 Å². The summed E-state index contributed by atoms with van der Waals surface area (Å²) < 4.78 is 16.2. The van der Waals surface area contributed by atoms with Crippen molar-refractivity contribution in [2.24, 2.45) is 0 Å². The molecule has 6 aromatic rings. The molecule has 4 aromatic carbocycles. The zero-order valence-electron chi connectivity index (χ0n) is 30.9. The molecule has 2 aromatic heterocycles. The molecular weight excluding hydrogens is 810 g/mol. The van der Waals surface area contributed by atoms with Crippen molar-refractivity contribution in [3.63, 3.8) is 0 Å². The summed E-state index contributed by atoms with van der Waals surface area (Å²) in [5.41, 5.74) is 4.57. The Hall–Kier alpha value is -2.97. The van der Waals surface area contributed by atoms with E-state index in [-0.39, 0.29) is 12.1 Å². The highest BCUT2D eigenvalue weighted by atomic mass is 127. The lowest BCUT2D eigenvalue weighted by atomic mass is 10.0. The molecule has 0 aliphatic carbocycles. The third kappa shape index (κ3) is 10.2. The summed E-state index contributed by atoms with van der Waals surface area (Å²) in [7, 11) is 4.39. The average molecular weight is 860 g/mol. The van der Waals surface area contributed by atoms with Crippen molar-refractivity contribution in [1.29, 1.82) is 0 Å². The Kier molecular flexibility index (Phi) is 13.4. The van der Waals surface area contributed by atoms with Gasteiger partial charge in [-0.15, -0.1) is 22.7 Å². The molecule has 53 heavy (non-hydrogen) atoms. The summed E-state index contributed by atoms with van der Waals surface area (Å²) in [5.74, 6) is 0.940. The van der Waals surface area contributed by atoms with Crippen LogP contribution in [0.4, 0.5) is 0 Å². The third-order valence-electron chi connectivity index (χ3n) is 10.0. The number of ether oxygens (including phenoxy) is 2. The van der Waals surface area contributed by atoms with Gasteiger partial charge in [-0.1, -0.05) is 55.5 Å². The van der Waals surface area contributed by atoms with Gasteiger partial charge >= 0.3 is 0 Å². The number of likely N-dealkylation sites (tertiary alicyclic amines) is 2. The van der Waals surface area contributed by atoms with E-state index in [2.05, 4.69) is 144 Å². The van der Waals surface area contributed by atoms with Crippen LogP contribution in [-0.4, -0.2) is 78.8 Å². The summed E-state index contributed by atoms with van der Waals surface area (Å²) in [4.78, 5) is 14.6. The Balaban J connectivity index is 0.000000165. The fourth-order valence-corrected chi connectivity index (χ4v) is 9.66. The minimum Gasteiger partial charge on any atom is -0.494 e. The van der Waals surface area contributed by atoms with Crippen molar-refractivity contribution in [2.45, 2.75) is 63.3 Å². The van der Waals surface area contributed by atoms with Crippen LogP contribution in [0.2, 0.25) is 0 Å². The molecule has 0 spiro atoms. The number of benzene rings is 4. The Morgan fingerprint density at radius 1 is 0.736 bits per heavy atom. The second-order valence-corrected chi connectivity index (χ2v) is 17.6. The number of nitrogens with one attached hydrogen (secondary N) is 1. The van der Waals surface area contributed by atoms with Crippen LogP contribution in [0.3, 0.4) is 0 Å². The summed E-state index contributed by atoms with van der Waals surface area (Å²) >= 11 is 5.90. The standard InChI is InChI=1S/C23H29N3OS.C20H21IN2OS/c1-3-15-27-19-8-6-7-17(16-19)22(24-18-11-13-26(2)14-12-18)23-25-20-9-4-5-10-21(20)28-23;1-23-11-9-16(10-12-23)24-19(14-5-4-6-15(21)13-14)20-22-17-7-2-3-8-18(17)25-20/h4-10,16,18,22,24H,3,11-15H2,1-2H3;2-8,13,16,19H,9-12H2,1H3. The van der Waals surface area contributed by atoms with Crippen molar-refractivity contribution in [2.75, 3.05) is 46.9 Å². The first-order valence-corrected chi connectivity index (χ1v) is 21.6. The molecule has 0 amide bonds. The lowest BCUT2D eigenvalue weighted by molar-refractivity contribution is -0.0234. The fourth-order valence-electron chi connectivity index (χ4n) is 7.00. The van der Waals surface area contributed by atoms with Crippen LogP contribution in [0.15, 0.2) is 97.1 Å². The number of nitrogens with zero attached hydrogens (tertiary/aromatic N) is 4. The normalized spacial score (nSPS) is 17.4. The molecule has 2 atom stereocenters. The Bertz CT molecular complexity index is 1990. The van der Waals surface area contributed by atoms with E-state index in [1.807, 2.05) is 12.1 Å². The smallest absolute Gasteiger partial charge is 0.134 e. The van der Waals surface area contributed by atoms with E-state index in [1.165, 1.54) is 36.9 Å². The van der Waals surface area contributed by atoms with Crippen LogP contribution in [0.25, 0.3) is 20.4 Å². The first-order chi connectivity index (χ1) is 25.9. The number of hydrogen-bond acceptors (Lipinski definition) is 9. The zero-order chi connectivity index (χ0) is 36.6. The number of rotatable bonds is 11. The van der Waals surface area contributed by atoms with E-state index in [0.717, 1.165) is 78.8 Å². The van der Waals surface area contributed by atoms with Crippen molar-refractivity contribution in [3.05, 3.63) is 122 Å². The van der Waals surface area contributed by atoms with E-state index in [0.29, 0.717) is 12.1 Å². The highest BCUT2D eigenvalue weighted by Gasteiger charge is 2.27. The van der Waals surface area contributed by atoms with Crippen LogP contribution in [0, 0.1) is 3.57 Å². The highest BCUT2D eigenvalue weighted by molar-refractivity contribution is 14.1. The molecule has 10 heteroatoms. The molecule has 2 aliphatic heterocycles. The molecule has 0 radical (unpaired) electrons. The Morgan fingerprint density at radius 3 is 2.00 bits per heavy atom. The van der Waals surface area contributed by atoms with Gasteiger partial charge in [0.05, 0.1) is 39.2 Å². The van der Waals surface area contributed by atoms with Gasteiger partial charge in [0, 0.05) is 22.7 Å². The quantitative estimate of drug-likeness (QED) is 0.130. The van der Waals surface area contributed by atoms with Gasteiger partial charge in [0.1, 0.15) is 21.9 Å². The largest absolute Gasteiger partial charge is 0.494 e. The van der Waals surface area contributed by atoms with Gasteiger partial charge in [0.15, 0.2) is 0 Å². The monoisotopic (exact) mass is 859 g/mol. The number of aromatic nitrogens is 2. The van der Waals surface area contributed by atoms with Crippen molar-refractivity contribution in [3.8, 4) is 5.75 Å². The molecule has 7 nitrogen and oxygen atoms in total. The predicted octanol–water partition coefficient (Wildman–Crippen LogP) is 9.96. The number of piperidine rings is 2. The number of halogens is 1. The van der Waals surface area contributed by atoms with Gasteiger partial charge in [0.2, 0.25) is 0 Å².